The van der Waals surface area contributed by atoms with Crippen LogP contribution in [0.25, 0.3) is 0 Å². The van der Waals surface area contributed by atoms with Crippen molar-refractivity contribution in [3.8, 4) is 5.75 Å². The zero-order valence-electron chi connectivity index (χ0n) is 11.7. The summed E-state index contributed by atoms with van der Waals surface area (Å²) in [4.78, 5) is 11.3. The van der Waals surface area contributed by atoms with E-state index >= 15 is 0 Å². The van der Waals surface area contributed by atoms with Gasteiger partial charge in [0.2, 0.25) is 0 Å². The molecule has 0 heterocycles. The summed E-state index contributed by atoms with van der Waals surface area (Å²) in [6.07, 6.45) is 6.33. The molecule has 18 heavy (non-hydrogen) atoms. The Balaban J connectivity index is 2.41. The van der Waals surface area contributed by atoms with Crippen LogP contribution in [-0.2, 0) is 0 Å². The minimum atomic E-state index is 0.0797. The van der Waals surface area contributed by atoms with Gasteiger partial charge in [0.1, 0.15) is 5.75 Å². The average molecular weight is 248 g/mol. The Labute approximate surface area is 110 Å². The van der Waals surface area contributed by atoms with E-state index < -0.39 is 0 Å². The van der Waals surface area contributed by atoms with Crippen LogP contribution in [0.15, 0.2) is 24.3 Å². The van der Waals surface area contributed by atoms with E-state index in [0.717, 1.165) is 12.2 Å². The van der Waals surface area contributed by atoms with Gasteiger partial charge in [-0.15, -0.1) is 0 Å². The summed E-state index contributed by atoms with van der Waals surface area (Å²) in [5.41, 5.74) is 0.714. The van der Waals surface area contributed by atoms with Crippen LogP contribution in [0.5, 0.6) is 5.75 Å². The van der Waals surface area contributed by atoms with Crippen molar-refractivity contribution in [3.05, 3.63) is 29.8 Å². The van der Waals surface area contributed by atoms with Crippen molar-refractivity contribution >= 4 is 5.78 Å². The van der Waals surface area contributed by atoms with Gasteiger partial charge < -0.3 is 4.74 Å². The Bertz CT molecular complexity index is 371. The number of carbonyl (C=O) groups is 1. The van der Waals surface area contributed by atoms with E-state index in [9.17, 15) is 4.79 Å². The van der Waals surface area contributed by atoms with Crippen LogP contribution in [0.2, 0.25) is 0 Å². The number of Topliss-reactive ketones (excluding diaryl/α,β-unsaturated/α-hetero) is 1. The summed E-state index contributed by atoms with van der Waals surface area (Å²) < 4.78 is 5.83. The van der Waals surface area contributed by atoms with Crippen molar-refractivity contribution in [2.24, 2.45) is 0 Å². The maximum Gasteiger partial charge on any atom is 0.159 e. The van der Waals surface area contributed by atoms with E-state index in [2.05, 4.69) is 13.8 Å². The fraction of sp³-hybridized carbons (Fsp3) is 0.562. The second kappa shape index (κ2) is 7.91. The molecule has 0 aromatic heterocycles. The SMILES string of the molecule is CCCCCCC(C)Oc1cccc(C(C)=O)c1. The lowest BCUT2D eigenvalue weighted by molar-refractivity contribution is 0.101. The Morgan fingerprint density at radius 3 is 2.72 bits per heavy atom. The van der Waals surface area contributed by atoms with E-state index in [1.54, 1.807) is 6.92 Å². The van der Waals surface area contributed by atoms with Gasteiger partial charge in [0, 0.05) is 5.56 Å². The Kier molecular flexibility index (Phi) is 6.48. The molecule has 0 spiro atoms. The number of hydrogen-bond donors (Lipinski definition) is 0. The van der Waals surface area contributed by atoms with Crippen LogP contribution in [-0.4, -0.2) is 11.9 Å². The zero-order chi connectivity index (χ0) is 13.4. The maximum absolute atomic E-state index is 11.3. The summed E-state index contributed by atoms with van der Waals surface area (Å²) in [7, 11) is 0. The molecule has 0 aliphatic carbocycles. The lowest BCUT2D eigenvalue weighted by Gasteiger charge is -2.15. The highest BCUT2D eigenvalue weighted by Gasteiger charge is 2.06. The highest BCUT2D eigenvalue weighted by molar-refractivity contribution is 5.94. The Morgan fingerprint density at radius 2 is 2.06 bits per heavy atom. The molecule has 1 aromatic carbocycles. The van der Waals surface area contributed by atoms with E-state index in [1.807, 2.05) is 24.3 Å². The molecule has 0 N–H and O–H groups in total. The Hall–Kier alpha value is -1.31. The third-order valence-electron chi connectivity index (χ3n) is 3.04. The van der Waals surface area contributed by atoms with Crippen molar-refractivity contribution in [1.82, 2.24) is 0 Å². The second-order valence-corrected chi connectivity index (χ2v) is 4.86. The number of ketones is 1. The predicted molar refractivity (Wildman–Crippen MR) is 75.3 cm³/mol. The first-order valence-electron chi connectivity index (χ1n) is 6.91. The van der Waals surface area contributed by atoms with Gasteiger partial charge in [-0.05, 0) is 38.8 Å². The maximum atomic E-state index is 11.3. The fourth-order valence-electron chi connectivity index (χ4n) is 1.94. The van der Waals surface area contributed by atoms with Gasteiger partial charge in [0.05, 0.1) is 6.10 Å². The topological polar surface area (TPSA) is 26.3 Å². The minimum Gasteiger partial charge on any atom is -0.491 e. The molecule has 2 nitrogen and oxygen atoms in total. The molecular weight excluding hydrogens is 224 g/mol. The summed E-state index contributed by atoms with van der Waals surface area (Å²) in [5.74, 6) is 0.877. The fourth-order valence-corrected chi connectivity index (χ4v) is 1.94. The van der Waals surface area contributed by atoms with Gasteiger partial charge >= 0.3 is 0 Å². The molecule has 1 atom stereocenters. The monoisotopic (exact) mass is 248 g/mol. The van der Waals surface area contributed by atoms with Crippen LogP contribution < -0.4 is 4.74 Å². The third kappa shape index (κ3) is 5.35. The molecule has 0 saturated heterocycles. The molecule has 1 rings (SSSR count). The molecule has 1 aromatic rings. The second-order valence-electron chi connectivity index (χ2n) is 4.86. The molecule has 0 bridgehead atoms. The third-order valence-corrected chi connectivity index (χ3v) is 3.04. The van der Waals surface area contributed by atoms with Gasteiger partial charge in [-0.25, -0.2) is 0 Å². The molecular formula is C16H24O2. The van der Waals surface area contributed by atoms with Crippen molar-refractivity contribution in [1.29, 1.82) is 0 Å². The Morgan fingerprint density at radius 1 is 1.28 bits per heavy atom. The lowest BCUT2D eigenvalue weighted by atomic mass is 10.1. The molecule has 100 valence electrons. The molecule has 1 unspecified atom stereocenters. The molecule has 0 aliphatic rings. The number of benzene rings is 1. The molecule has 0 fully saturated rings. The first kappa shape index (κ1) is 14.7. The molecule has 0 aliphatic heterocycles. The number of unbranched alkanes of at least 4 members (excludes halogenated alkanes) is 3. The summed E-state index contributed by atoms with van der Waals surface area (Å²) >= 11 is 0. The van der Waals surface area contributed by atoms with Crippen LogP contribution in [0.1, 0.15) is 63.2 Å². The van der Waals surface area contributed by atoms with Crippen molar-refractivity contribution < 1.29 is 9.53 Å². The first-order chi connectivity index (χ1) is 8.63. The van der Waals surface area contributed by atoms with Crippen LogP contribution in [0.4, 0.5) is 0 Å². The minimum absolute atomic E-state index is 0.0797. The van der Waals surface area contributed by atoms with Crippen LogP contribution in [0.3, 0.4) is 0 Å². The smallest absolute Gasteiger partial charge is 0.159 e. The highest BCUT2D eigenvalue weighted by atomic mass is 16.5. The first-order valence-corrected chi connectivity index (χ1v) is 6.91. The quantitative estimate of drug-likeness (QED) is 0.495. The van der Waals surface area contributed by atoms with E-state index in [4.69, 9.17) is 4.74 Å². The summed E-state index contributed by atoms with van der Waals surface area (Å²) in [6, 6.07) is 7.43. The van der Waals surface area contributed by atoms with Gasteiger partial charge in [0.15, 0.2) is 5.78 Å². The van der Waals surface area contributed by atoms with Crippen LogP contribution >= 0.6 is 0 Å². The van der Waals surface area contributed by atoms with Crippen molar-refractivity contribution in [2.45, 2.75) is 59.0 Å². The number of ether oxygens (including phenoxy) is 1. The number of carbonyl (C=O) groups excluding carboxylic acids is 1. The molecule has 0 amide bonds. The van der Waals surface area contributed by atoms with E-state index in [1.165, 1.54) is 25.7 Å². The van der Waals surface area contributed by atoms with E-state index in [0.29, 0.717) is 5.56 Å². The average Bonchev–Trinajstić information content (AvgIpc) is 2.35. The standard InChI is InChI=1S/C16H24O2/c1-4-5-6-7-9-13(2)18-16-11-8-10-15(12-16)14(3)17/h8,10-13H,4-7,9H2,1-3H3. The number of hydrogen-bond acceptors (Lipinski definition) is 2. The summed E-state index contributed by atoms with van der Waals surface area (Å²) in [5, 5.41) is 0. The lowest BCUT2D eigenvalue weighted by Crippen LogP contribution is -2.11. The summed E-state index contributed by atoms with van der Waals surface area (Å²) in [6.45, 7) is 5.88. The van der Waals surface area contributed by atoms with Crippen LogP contribution in [0, 0.1) is 0 Å². The molecule has 0 radical (unpaired) electrons. The van der Waals surface area contributed by atoms with Crippen molar-refractivity contribution in [3.63, 3.8) is 0 Å². The number of rotatable bonds is 8. The largest absolute Gasteiger partial charge is 0.491 e. The normalized spacial score (nSPS) is 12.2. The van der Waals surface area contributed by atoms with Gasteiger partial charge in [-0.3, -0.25) is 4.79 Å². The van der Waals surface area contributed by atoms with Gasteiger partial charge in [0.25, 0.3) is 0 Å². The zero-order valence-corrected chi connectivity index (χ0v) is 11.7. The van der Waals surface area contributed by atoms with E-state index in [-0.39, 0.29) is 11.9 Å². The molecule has 2 heteroatoms. The molecule has 0 saturated carbocycles. The van der Waals surface area contributed by atoms with Gasteiger partial charge in [-0.1, -0.05) is 38.3 Å². The van der Waals surface area contributed by atoms with Gasteiger partial charge in [-0.2, -0.15) is 0 Å². The highest BCUT2D eigenvalue weighted by Crippen LogP contribution is 2.17. The van der Waals surface area contributed by atoms with Crippen molar-refractivity contribution in [2.75, 3.05) is 0 Å². The predicted octanol–water partition coefficient (Wildman–Crippen LogP) is 4.63.